The van der Waals surface area contributed by atoms with Crippen molar-refractivity contribution in [3.8, 4) is 0 Å². The maximum absolute atomic E-state index is 11.6. The van der Waals surface area contributed by atoms with Crippen LogP contribution in [0.1, 0.15) is 69.5 Å². The molecule has 7 nitrogen and oxygen atoms in total. The van der Waals surface area contributed by atoms with Crippen molar-refractivity contribution in [1.29, 1.82) is 0 Å². The van der Waals surface area contributed by atoms with E-state index in [-0.39, 0.29) is 27.8 Å². The number of hydrogen-bond acceptors (Lipinski definition) is 4. The predicted octanol–water partition coefficient (Wildman–Crippen LogP) is 1.80. The van der Waals surface area contributed by atoms with Crippen LogP contribution in [0.25, 0.3) is 0 Å². The van der Waals surface area contributed by atoms with Gasteiger partial charge in [0.1, 0.15) is 5.78 Å². The molecular formula is C17H37N3O4. The van der Waals surface area contributed by atoms with Gasteiger partial charge in [-0.2, -0.15) is 0 Å². The zero-order valence-electron chi connectivity index (χ0n) is 14.9. The third-order valence-corrected chi connectivity index (χ3v) is 3.43. The molecule has 0 saturated heterocycles. The van der Waals surface area contributed by atoms with E-state index < -0.39 is 0 Å². The average molecular weight is 348 g/mol. The molecule has 0 rings (SSSR count). The molecule has 3 amide bonds. The fourth-order valence-corrected chi connectivity index (χ4v) is 2.04. The highest BCUT2D eigenvalue weighted by Crippen LogP contribution is 1.99. The second kappa shape index (κ2) is 14.7. The summed E-state index contributed by atoms with van der Waals surface area (Å²) < 4.78 is 0. The van der Waals surface area contributed by atoms with Crippen molar-refractivity contribution in [3.05, 3.63) is 0 Å². The Kier molecular flexibility index (Phi) is 13.5. The van der Waals surface area contributed by atoms with Gasteiger partial charge in [-0.3, -0.25) is 19.2 Å². The van der Waals surface area contributed by atoms with Crippen LogP contribution in [-0.2, 0) is 19.2 Å². The molecule has 0 aromatic carbocycles. The maximum atomic E-state index is 11.6. The van der Waals surface area contributed by atoms with Crippen LogP contribution in [0.2, 0.25) is 0 Å². The molecule has 0 heterocycles. The molecule has 3 N–H and O–H groups in total. The van der Waals surface area contributed by atoms with Gasteiger partial charge in [0.15, 0.2) is 0 Å². The smallest absolute Gasteiger partial charge is 0.220 e. The zero-order chi connectivity index (χ0) is 18.2. The summed E-state index contributed by atoms with van der Waals surface area (Å²) in [6.07, 6.45) is 3.82. The number of ketones is 1. The number of hydrogen-bond donors (Lipinski definition) is 3. The number of carbonyl (C=O) groups excluding carboxylic acids is 4. The Morgan fingerprint density at radius 3 is 1.58 bits per heavy atom. The van der Waals surface area contributed by atoms with Crippen molar-refractivity contribution in [2.75, 3.05) is 19.6 Å². The Labute approximate surface area is 148 Å². The zero-order valence-corrected chi connectivity index (χ0v) is 14.9. The fraction of sp³-hybridized carbons (Fsp3) is 0.765. The summed E-state index contributed by atoms with van der Waals surface area (Å²) in [4.78, 5) is 45.4. The number of nitrogens with one attached hydrogen (secondary N) is 3. The Hall–Kier alpha value is -1.92. The lowest BCUT2D eigenvalue weighted by atomic mass is 10.1. The first-order valence-electron chi connectivity index (χ1n) is 8.81. The molecule has 144 valence electrons. The highest BCUT2D eigenvalue weighted by Gasteiger charge is 2.05. The van der Waals surface area contributed by atoms with E-state index in [0.717, 1.165) is 0 Å². The minimum absolute atomic E-state index is 0. The van der Waals surface area contributed by atoms with E-state index >= 15 is 0 Å². The molecule has 0 aliphatic rings. The van der Waals surface area contributed by atoms with Gasteiger partial charge in [-0.25, -0.2) is 0 Å². The fourth-order valence-electron chi connectivity index (χ4n) is 2.04. The third-order valence-electron chi connectivity index (χ3n) is 3.43. The van der Waals surface area contributed by atoms with Crippen LogP contribution in [-0.4, -0.2) is 43.1 Å². The molecule has 0 aliphatic heterocycles. The summed E-state index contributed by atoms with van der Waals surface area (Å²) >= 11 is 0. The van der Waals surface area contributed by atoms with E-state index in [9.17, 15) is 19.2 Å². The summed E-state index contributed by atoms with van der Waals surface area (Å²) in [6, 6.07) is 0. The minimum Gasteiger partial charge on any atom is -0.356 e. The van der Waals surface area contributed by atoms with Crippen LogP contribution >= 0.6 is 0 Å². The Balaban J connectivity index is -0.000000882. The Bertz CT molecular complexity index is 424. The van der Waals surface area contributed by atoms with Crippen LogP contribution in [0, 0.1) is 0 Å². The average Bonchev–Trinajstić information content (AvgIpc) is 2.55. The molecular weight excluding hydrogens is 310 g/mol. The Morgan fingerprint density at radius 1 is 0.667 bits per heavy atom. The first kappa shape index (κ1) is 22.1. The van der Waals surface area contributed by atoms with Crippen molar-refractivity contribution in [2.24, 2.45) is 0 Å². The van der Waals surface area contributed by atoms with Crippen LogP contribution in [0.15, 0.2) is 0 Å². The normalized spacial score (nSPS) is 10.1. The van der Waals surface area contributed by atoms with Crippen LogP contribution in [0.4, 0.5) is 0 Å². The highest BCUT2D eigenvalue weighted by atomic mass is 16.2. The van der Waals surface area contributed by atoms with Crippen molar-refractivity contribution >= 4 is 23.5 Å². The molecule has 0 aromatic heterocycles. The van der Waals surface area contributed by atoms with Crippen LogP contribution in [0.5, 0.6) is 0 Å². The van der Waals surface area contributed by atoms with E-state index in [1.807, 2.05) is 13.8 Å². The standard InChI is InChI=1S/C17H31N3O4.3H2/c1-3-14(21)8-5-9-16(23)19-13-7-11-17(24)20-12-6-10-15(22)18-4-2;;;/h3-13H2,1-2H3,(H,18,22)(H,19,23)(H,20,24);3*1H. The summed E-state index contributed by atoms with van der Waals surface area (Å²) in [5.74, 6) is 0.0108. The lowest BCUT2D eigenvalue weighted by molar-refractivity contribution is -0.123. The topological polar surface area (TPSA) is 104 Å². The van der Waals surface area contributed by atoms with E-state index in [0.29, 0.717) is 71.0 Å². The predicted molar refractivity (Wildman–Crippen MR) is 98.7 cm³/mol. The maximum Gasteiger partial charge on any atom is 0.220 e. The summed E-state index contributed by atoms with van der Waals surface area (Å²) in [5, 5.41) is 8.19. The van der Waals surface area contributed by atoms with Gasteiger partial charge in [0.05, 0.1) is 0 Å². The molecule has 0 bridgehead atoms. The van der Waals surface area contributed by atoms with E-state index in [2.05, 4.69) is 16.0 Å². The molecule has 0 unspecified atom stereocenters. The number of rotatable bonds is 14. The van der Waals surface area contributed by atoms with Gasteiger partial charge < -0.3 is 16.0 Å². The molecule has 0 saturated carbocycles. The van der Waals surface area contributed by atoms with Gasteiger partial charge in [0.2, 0.25) is 17.7 Å². The van der Waals surface area contributed by atoms with Crippen LogP contribution in [0.3, 0.4) is 0 Å². The molecule has 24 heavy (non-hydrogen) atoms. The van der Waals surface area contributed by atoms with Crippen molar-refractivity contribution in [3.63, 3.8) is 0 Å². The molecule has 0 spiro atoms. The molecule has 0 atom stereocenters. The van der Waals surface area contributed by atoms with E-state index in [1.165, 1.54) is 0 Å². The van der Waals surface area contributed by atoms with Gasteiger partial charge in [-0.1, -0.05) is 6.92 Å². The molecule has 0 radical (unpaired) electrons. The quantitative estimate of drug-likeness (QED) is 0.417. The van der Waals surface area contributed by atoms with Crippen molar-refractivity contribution in [2.45, 2.75) is 65.2 Å². The lowest BCUT2D eigenvalue weighted by Gasteiger charge is -2.07. The van der Waals surface area contributed by atoms with E-state index in [1.54, 1.807) is 0 Å². The Morgan fingerprint density at radius 2 is 1.12 bits per heavy atom. The van der Waals surface area contributed by atoms with Gasteiger partial charge >= 0.3 is 0 Å². The van der Waals surface area contributed by atoms with Crippen molar-refractivity contribution < 1.29 is 23.5 Å². The first-order chi connectivity index (χ1) is 11.5. The lowest BCUT2D eigenvalue weighted by Crippen LogP contribution is -2.29. The van der Waals surface area contributed by atoms with E-state index in [4.69, 9.17) is 0 Å². The van der Waals surface area contributed by atoms with Gasteiger partial charge in [-0.05, 0) is 26.2 Å². The van der Waals surface area contributed by atoms with Gasteiger partial charge in [0.25, 0.3) is 0 Å². The molecule has 7 heteroatoms. The van der Waals surface area contributed by atoms with Crippen molar-refractivity contribution in [1.82, 2.24) is 16.0 Å². The summed E-state index contributed by atoms with van der Waals surface area (Å²) in [7, 11) is 0. The third kappa shape index (κ3) is 13.7. The second-order valence-electron chi connectivity index (χ2n) is 5.61. The second-order valence-corrected chi connectivity index (χ2v) is 5.61. The number of carbonyl (C=O) groups is 4. The summed E-state index contributed by atoms with van der Waals surface area (Å²) in [5.41, 5.74) is 0. The molecule has 0 aliphatic carbocycles. The monoisotopic (exact) mass is 347 g/mol. The molecule has 0 aromatic rings. The first-order valence-corrected chi connectivity index (χ1v) is 8.81. The van der Waals surface area contributed by atoms with Crippen LogP contribution < -0.4 is 16.0 Å². The number of amides is 3. The SMILES string of the molecule is CCNC(=O)CCCNC(=O)CCCNC(=O)CCCC(=O)CC.[HH].[HH].[HH]. The van der Waals surface area contributed by atoms with Gasteiger partial charge in [0, 0.05) is 56.0 Å². The highest BCUT2D eigenvalue weighted by molar-refractivity contribution is 5.80. The largest absolute Gasteiger partial charge is 0.356 e. The van der Waals surface area contributed by atoms with Gasteiger partial charge in [-0.15, -0.1) is 0 Å². The molecule has 0 fully saturated rings. The number of Topliss-reactive ketones (excluding diaryl/α,β-unsaturated/α-hetero) is 1. The minimum atomic E-state index is -0.0822. The summed E-state index contributed by atoms with van der Waals surface area (Å²) in [6.45, 7) is 5.23.